The molecule has 2 rings (SSSR count). The van der Waals surface area contributed by atoms with E-state index in [0.717, 1.165) is 12.1 Å². The molecule has 17 heavy (non-hydrogen) atoms. The number of anilines is 1. The van der Waals surface area contributed by atoms with E-state index >= 15 is 0 Å². The minimum Gasteiger partial charge on any atom is -0.358 e. The quantitative estimate of drug-likeness (QED) is 0.777. The molecular weight excluding hydrogens is 216 g/mol. The maximum Gasteiger partial charge on any atom is 0.240 e. The summed E-state index contributed by atoms with van der Waals surface area (Å²) < 4.78 is 0. The minimum atomic E-state index is -0.857. The molecule has 0 heterocycles. The van der Waals surface area contributed by atoms with Crippen LogP contribution >= 0.6 is 0 Å². The van der Waals surface area contributed by atoms with E-state index in [1.807, 2.05) is 30.3 Å². The van der Waals surface area contributed by atoms with E-state index in [1.54, 1.807) is 7.05 Å². The summed E-state index contributed by atoms with van der Waals surface area (Å²) >= 11 is 0. The van der Waals surface area contributed by atoms with Gasteiger partial charge < -0.3 is 10.6 Å². The van der Waals surface area contributed by atoms with E-state index in [1.165, 1.54) is 0 Å². The fourth-order valence-electron chi connectivity index (χ4n) is 2.10. The first kappa shape index (κ1) is 11.6. The normalized spacial score (nSPS) is 16.8. The maximum atomic E-state index is 12.1. The number of nitrogens with one attached hydrogen (secondary N) is 2. The molecule has 4 nitrogen and oxygen atoms in total. The van der Waals surface area contributed by atoms with Crippen LogP contribution in [0.15, 0.2) is 30.3 Å². The van der Waals surface area contributed by atoms with Crippen LogP contribution in [0.4, 0.5) is 5.69 Å². The average molecular weight is 232 g/mol. The first-order chi connectivity index (χ1) is 8.19. The number of rotatable bonds is 3. The molecule has 2 amide bonds. The van der Waals surface area contributed by atoms with E-state index in [-0.39, 0.29) is 11.8 Å². The van der Waals surface area contributed by atoms with Crippen LogP contribution in [0.5, 0.6) is 0 Å². The summed E-state index contributed by atoms with van der Waals surface area (Å²) in [6.45, 7) is 0. The Bertz CT molecular complexity index is 424. The SMILES string of the molecule is CNC(=O)C1(C(=O)Nc2ccccc2)CCC1. The molecule has 0 unspecified atom stereocenters. The van der Waals surface area contributed by atoms with Crippen molar-refractivity contribution in [2.24, 2.45) is 5.41 Å². The zero-order valence-corrected chi connectivity index (χ0v) is 9.82. The minimum absolute atomic E-state index is 0.183. The van der Waals surface area contributed by atoms with E-state index in [9.17, 15) is 9.59 Å². The van der Waals surface area contributed by atoms with E-state index < -0.39 is 5.41 Å². The molecule has 0 radical (unpaired) electrons. The van der Waals surface area contributed by atoms with Gasteiger partial charge in [0.25, 0.3) is 0 Å². The lowest BCUT2D eigenvalue weighted by Gasteiger charge is -2.38. The zero-order chi connectivity index (χ0) is 12.3. The monoisotopic (exact) mass is 232 g/mol. The van der Waals surface area contributed by atoms with Gasteiger partial charge in [-0.1, -0.05) is 24.6 Å². The number of hydrogen-bond donors (Lipinski definition) is 2. The lowest BCUT2D eigenvalue weighted by atomic mass is 9.67. The number of amides is 2. The van der Waals surface area contributed by atoms with Gasteiger partial charge in [0, 0.05) is 12.7 Å². The highest BCUT2D eigenvalue weighted by Gasteiger charge is 2.50. The molecular formula is C13H16N2O2. The third-order valence-electron chi connectivity index (χ3n) is 3.34. The first-order valence-electron chi connectivity index (χ1n) is 5.78. The van der Waals surface area contributed by atoms with Crippen LogP contribution in [0, 0.1) is 5.41 Å². The molecule has 1 aromatic carbocycles. The Hall–Kier alpha value is -1.84. The molecule has 0 bridgehead atoms. The summed E-state index contributed by atoms with van der Waals surface area (Å²) in [5.74, 6) is -0.383. The Labute approximate surface area is 100 Å². The van der Waals surface area contributed by atoms with Gasteiger partial charge in [-0.15, -0.1) is 0 Å². The number of carbonyl (C=O) groups excluding carboxylic acids is 2. The highest BCUT2D eigenvalue weighted by atomic mass is 16.2. The molecule has 1 aliphatic carbocycles. The van der Waals surface area contributed by atoms with Crippen LogP contribution in [0.2, 0.25) is 0 Å². The van der Waals surface area contributed by atoms with E-state index in [4.69, 9.17) is 0 Å². The zero-order valence-electron chi connectivity index (χ0n) is 9.82. The summed E-state index contributed by atoms with van der Waals surface area (Å²) in [6, 6.07) is 9.21. The maximum absolute atomic E-state index is 12.1. The van der Waals surface area contributed by atoms with Crippen LogP contribution < -0.4 is 10.6 Å². The molecule has 90 valence electrons. The van der Waals surface area contributed by atoms with Gasteiger partial charge in [0.15, 0.2) is 0 Å². The van der Waals surface area contributed by atoms with Crippen molar-refractivity contribution >= 4 is 17.5 Å². The van der Waals surface area contributed by atoms with Crippen LogP contribution in [0.25, 0.3) is 0 Å². The fraction of sp³-hybridized carbons (Fsp3) is 0.385. The van der Waals surface area contributed by atoms with Crippen molar-refractivity contribution < 1.29 is 9.59 Å². The molecule has 0 spiro atoms. The average Bonchev–Trinajstić information content (AvgIpc) is 2.28. The van der Waals surface area contributed by atoms with Gasteiger partial charge in [0.2, 0.25) is 11.8 Å². The van der Waals surface area contributed by atoms with Crippen LogP contribution in [-0.4, -0.2) is 18.9 Å². The molecule has 0 saturated heterocycles. The van der Waals surface area contributed by atoms with E-state index in [2.05, 4.69) is 10.6 Å². The van der Waals surface area contributed by atoms with Crippen molar-refractivity contribution in [1.29, 1.82) is 0 Å². The number of para-hydroxylation sites is 1. The topological polar surface area (TPSA) is 58.2 Å². The lowest BCUT2D eigenvalue weighted by molar-refractivity contribution is -0.146. The fourth-order valence-corrected chi connectivity index (χ4v) is 2.10. The predicted molar refractivity (Wildman–Crippen MR) is 65.4 cm³/mol. The van der Waals surface area contributed by atoms with Crippen molar-refractivity contribution in [2.45, 2.75) is 19.3 Å². The van der Waals surface area contributed by atoms with Gasteiger partial charge >= 0.3 is 0 Å². The molecule has 1 aliphatic rings. The highest BCUT2D eigenvalue weighted by Crippen LogP contribution is 2.42. The summed E-state index contributed by atoms with van der Waals surface area (Å²) in [5, 5.41) is 5.37. The Morgan fingerprint density at radius 2 is 1.76 bits per heavy atom. The van der Waals surface area contributed by atoms with E-state index in [0.29, 0.717) is 12.8 Å². The Kier molecular flexibility index (Phi) is 3.13. The van der Waals surface area contributed by atoms with Crippen molar-refractivity contribution in [2.75, 3.05) is 12.4 Å². The van der Waals surface area contributed by atoms with Crippen LogP contribution in [0.1, 0.15) is 19.3 Å². The Balaban J connectivity index is 2.11. The predicted octanol–water partition coefficient (Wildman–Crippen LogP) is 1.54. The van der Waals surface area contributed by atoms with Crippen molar-refractivity contribution in [3.8, 4) is 0 Å². The van der Waals surface area contributed by atoms with Crippen molar-refractivity contribution in [3.63, 3.8) is 0 Å². The van der Waals surface area contributed by atoms with Crippen LogP contribution in [0.3, 0.4) is 0 Å². The second-order valence-corrected chi connectivity index (χ2v) is 4.33. The second kappa shape index (κ2) is 4.57. The number of carbonyl (C=O) groups is 2. The van der Waals surface area contributed by atoms with Gasteiger partial charge in [0.05, 0.1) is 0 Å². The Morgan fingerprint density at radius 3 is 2.24 bits per heavy atom. The number of benzene rings is 1. The van der Waals surface area contributed by atoms with Gasteiger partial charge in [-0.25, -0.2) is 0 Å². The lowest BCUT2D eigenvalue weighted by Crippen LogP contribution is -2.52. The van der Waals surface area contributed by atoms with Gasteiger partial charge in [-0.05, 0) is 25.0 Å². The summed E-state index contributed by atoms with van der Waals surface area (Å²) in [6.07, 6.45) is 2.19. The molecule has 4 heteroatoms. The summed E-state index contributed by atoms with van der Waals surface area (Å²) in [4.78, 5) is 23.9. The number of hydrogen-bond acceptors (Lipinski definition) is 2. The Morgan fingerprint density at radius 1 is 1.12 bits per heavy atom. The molecule has 1 aromatic rings. The van der Waals surface area contributed by atoms with Gasteiger partial charge in [-0.3, -0.25) is 9.59 Å². The summed E-state index contributed by atoms with van der Waals surface area (Å²) in [5.41, 5.74) is -0.127. The largest absolute Gasteiger partial charge is 0.358 e. The smallest absolute Gasteiger partial charge is 0.240 e. The first-order valence-corrected chi connectivity index (χ1v) is 5.78. The second-order valence-electron chi connectivity index (χ2n) is 4.33. The molecule has 1 saturated carbocycles. The standard InChI is InChI=1S/C13H16N2O2/c1-14-11(16)13(8-5-9-13)12(17)15-10-6-3-2-4-7-10/h2-4,6-7H,5,8-9H2,1H3,(H,14,16)(H,15,17). The highest BCUT2D eigenvalue weighted by molar-refractivity contribution is 6.11. The third kappa shape index (κ3) is 2.02. The molecule has 2 N–H and O–H groups in total. The van der Waals surface area contributed by atoms with Gasteiger partial charge in [0.1, 0.15) is 5.41 Å². The molecule has 0 aromatic heterocycles. The molecule has 0 atom stereocenters. The third-order valence-corrected chi connectivity index (χ3v) is 3.34. The molecule has 1 fully saturated rings. The van der Waals surface area contributed by atoms with Crippen molar-refractivity contribution in [1.82, 2.24) is 5.32 Å². The van der Waals surface area contributed by atoms with Gasteiger partial charge in [-0.2, -0.15) is 0 Å². The van der Waals surface area contributed by atoms with Crippen molar-refractivity contribution in [3.05, 3.63) is 30.3 Å². The summed E-state index contributed by atoms with van der Waals surface area (Å²) in [7, 11) is 1.57. The molecule has 0 aliphatic heterocycles. The van der Waals surface area contributed by atoms with Crippen LogP contribution in [-0.2, 0) is 9.59 Å².